The molecule has 1 aliphatic heterocycles. The first kappa shape index (κ1) is 6.22. The highest BCUT2D eigenvalue weighted by atomic mass is 16.2. The molecule has 0 aliphatic carbocycles. The van der Waals surface area contributed by atoms with Gasteiger partial charge in [-0.2, -0.15) is 0 Å². The predicted molar refractivity (Wildman–Crippen MR) is 39.7 cm³/mol. The summed E-state index contributed by atoms with van der Waals surface area (Å²) >= 11 is 0. The molecule has 53 valence electrons. The van der Waals surface area contributed by atoms with Crippen LogP contribution in [0.25, 0.3) is 0 Å². The summed E-state index contributed by atoms with van der Waals surface area (Å²) in [4.78, 5) is 10.9. The molecule has 1 amide bonds. The molecular weight excluding hydrogens is 140 g/mol. The topological polar surface area (TPSA) is 41.8 Å². The van der Waals surface area contributed by atoms with Gasteiger partial charge in [-0.1, -0.05) is 6.07 Å². The fourth-order valence-electron chi connectivity index (χ4n) is 0.994. The first-order valence-corrected chi connectivity index (χ1v) is 3.19. The van der Waals surface area contributed by atoms with Gasteiger partial charge in [0.2, 0.25) is 0 Å². The Morgan fingerprint density at radius 2 is 2.09 bits per heavy atom. The highest BCUT2D eigenvalue weighted by Crippen LogP contribution is 2.26. The zero-order valence-corrected chi connectivity index (χ0v) is 5.74. The number of amides is 1. The van der Waals surface area contributed by atoms with Crippen molar-refractivity contribution in [3.8, 4) is 0 Å². The Morgan fingerprint density at radius 3 is 2.91 bits per heavy atom. The molecule has 0 saturated carbocycles. The molecule has 0 saturated heterocycles. The molecule has 0 fully saturated rings. The Bertz CT molecular complexity index is 355. The number of rotatable bonds is 0. The number of azo groups is 1. The van der Waals surface area contributed by atoms with Crippen molar-refractivity contribution in [3.63, 3.8) is 0 Å². The normalized spacial score (nSPS) is 13.7. The minimum absolute atomic E-state index is 0.264. The molecule has 11 heavy (non-hydrogen) atoms. The zero-order chi connectivity index (χ0) is 7.84. The van der Waals surface area contributed by atoms with Crippen LogP contribution in [0.3, 0.4) is 0 Å². The van der Waals surface area contributed by atoms with Crippen molar-refractivity contribution in [2.75, 3.05) is 0 Å². The van der Waals surface area contributed by atoms with E-state index < -0.39 is 0 Å². The van der Waals surface area contributed by atoms with Gasteiger partial charge in [0.05, 0.1) is 11.3 Å². The molecule has 2 rings (SSSR count). The van der Waals surface area contributed by atoms with E-state index in [1.807, 2.05) is 0 Å². The fourth-order valence-corrected chi connectivity index (χ4v) is 0.994. The van der Waals surface area contributed by atoms with Crippen molar-refractivity contribution in [2.24, 2.45) is 10.2 Å². The van der Waals surface area contributed by atoms with Crippen LogP contribution < -0.4 is 0 Å². The van der Waals surface area contributed by atoms with E-state index in [-0.39, 0.29) is 5.91 Å². The lowest BCUT2D eigenvalue weighted by Gasteiger charge is -1.93. The molecule has 0 N–H and O–H groups in total. The second-order valence-electron chi connectivity index (χ2n) is 2.36. The van der Waals surface area contributed by atoms with Crippen LogP contribution >= 0.6 is 0 Å². The Hall–Kier alpha value is -1.51. The van der Waals surface area contributed by atoms with E-state index in [4.69, 9.17) is 0 Å². The molecular formula is C8H5N2O. The van der Waals surface area contributed by atoms with Gasteiger partial charge in [0.15, 0.2) is 0 Å². The van der Waals surface area contributed by atoms with Crippen molar-refractivity contribution in [3.05, 3.63) is 36.2 Å². The molecule has 1 radical (unpaired) electrons. The molecule has 0 spiro atoms. The largest absolute Gasteiger partial charge is 0.297 e. The lowest BCUT2D eigenvalue weighted by molar-refractivity contribution is 0.100. The van der Waals surface area contributed by atoms with E-state index in [9.17, 15) is 4.79 Å². The van der Waals surface area contributed by atoms with E-state index in [2.05, 4.69) is 17.2 Å². The summed E-state index contributed by atoms with van der Waals surface area (Å²) in [6.07, 6.45) is 0. The molecule has 0 unspecified atom stereocenters. The zero-order valence-electron chi connectivity index (χ0n) is 5.74. The molecule has 1 aromatic rings. The van der Waals surface area contributed by atoms with Gasteiger partial charge in [-0.25, -0.2) is 0 Å². The number of carbonyl (C=O) groups excluding carboxylic acids is 1. The van der Waals surface area contributed by atoms with Gasteiger partial charge in [0.25, 0.3) is 5.91 Å². The molecule has 3 nitrogen and oxygen atoms in total. The van der Waals surface area contributed by atoms with E-state index in [0.29, 0.717) is 11.3 Å². The van der Waals surface area contributed by atoms with Crippen LogP contribution in [-0.2, 0) is 0 Å². The molecule has 0 aromatic heterocycles. The van der Waals surface area contributed by atoms with Crippen molar-refractivity contribution < 1.29 is 4.79 Å². The third-order valence-corrected chi connectivity index (χ3v) is 1.54. The predicted octanol–water partition coefficient (Wildman–Crippen LogP) is 2.11. The SMILES string of the molecule is [CH2]c1ccc2c(c1)N=NC2=O. The highest BCUT2D eigenvalue weighted by Gasteiger charge is 2.15. The molecule has 1 aliphatic rings. The van der Waals surface area contributed by atoms with Gasteiger partial charge in [0, 0.05) is 0 Å². The second-order valence-corrected chi connectivity index (χ2v) is 2.36. The van der Waals surface area contributed by atoms with Crippen molar-refractivity contribution >= 4 is 11.6 Å². The number of benzene rings is 1. The Labute approximate surface area is 63.8 Å². The monoisotopic (exact) mass is 145 g/mol. The Morgan fingerprint density at radius 1 is 1.27 bits per heavy atom. The highest BCUT2D eigenvalue weighted by molar-refractivity contribution is 6.01. The molecule has 1 aromatic carbocycles. The quantitative estimate of drug-likeness (QED) is 0.551. The van der Waals surface area contributed by atoms with Gasteiger partial charge >= 0.3 is 0 Å². The maximum Gasteiger partial charge on any atom is 0.297 e. The third kappa shape index (κ3) is 0.852. The van der Waals surface area contributed by atoms with Gasteiger partial charge in [-0.3, -0.25) is 4.79 Å². The molecule has 0 bridgehead atoms. The summed E-state index contributed by atoms with van der Waals surface area (Å²) in [5.74, 6) is -0.264. The number of carbonyl (C=O) groups is 1. The molecule has 3 heteroatoms. The minimum Gasteiger partial charge on any atom is -0.265 e. The van der Waals surface area contributed by atoms with Crippen LogP contribution in [0.5, 0.6) is 0 Å². The molecule has 1 heterocycles. The maximum atomic E-state index is 10.9. The van der Waals surface area contributed by atoms with E-state index in [0.717, 1.165) is 5.56 Å². The van der Waals surface area contributed by atoms with Crippen LogP contribution in [-0.4, -0.2) is 5.91 Å². The van der Waals surface area contributed by atoms with Gasteiger partial charge in [-0.05, 0) is 24.6 Å². The number of nitrogens with zero attached hydrogens (tertiary/aromatic N) is 2. The lowest BCUT2D eigenvalue weighted by Crippen LogP contribution is -1.87. The summed E-state index contributed by atoms with van der Waals surface area (Å²) in [5, 5.41) is 7.08. The van der Waals surface area contributed by atoms with Crippen molar-refractivity contribution in [1.29, 1.82) is 0 Å². The summed E-state index contributed by atoms with van der Waals surface area (Å²) in [6, 6.07) is 5.21. The average Bonchev–Trinajstić information content (AvgIpc) is 2.32. The lowest BCUT2D eigenvalue weighted by atomic mass is 10.1. The number of hydrogen-bond acceptors (Lipinski definition) is 2. The number of fused-ring (bicyclic) bond motifs is 1. The van der Waals surface area contributed by atoms with Crippen LogP contribution in [0.1, 0.15) is 15.9 Å². The summed E-state index contributed by atoms with van der Waals surface area (Å²) in [7, 11) is 0. The fraction of sp³-hybridized carbons (Fsp3) is 0. The van der Waals surface area contributed by atoms with E-state index >= 15 is 0 Å². The van der Waals surface area contributed by atoms with Crippen molar-refractivity contribution in [2.45, 2.75) is 0 Å². The number of hydrogen-bond donors (Lipinski definition) is 0. The Kier molecular flexibility index (Phi) is 1.12. The maximum absolute atomic E-state index is 10.9. The summed E-state index contributed by atoms with van der Waals surface area (Å²) in [5.41, 5.74) is 2.04. The van der Waals surface area contributed by atoms with Crippen LogP contribution in [0.4, 0.5) is 5.69 Å². The summed E-state index contributed by atoms with van der Waals surface area (Å²) in [6.45, 7) is 3.71. The van der Waals surface area contributed by atoms with E-state index in [1.54, 1.807) is 18.2 Å². The standard InChI is InChI=1S/C8H5N2O/c1-5-2-3-6-7(4-5)9-10-8(6)11/h2-4H,1H2. The first-order valence-electron chi connectivity index (χ1n) is 3.19. The Balaban J connectivity index is 2.66. The van der Waals surface area contributed by atoms with Crippen LogP contribution in [0.15, 0.2) is 28.4 Å². The second kappa shape index (κ2) is 1.99. The third-order valence-electron chi connectivity index (χ3n) is 1.54. The minimum atomic E-state index is -0.264. The van der Waals surface area contributed by atoms with Crippen LogP contribution in [0, 0.1) is 6.92 Å². The van der Waals surface area contributed by atoms with Crippen LogP contribution in [0.2, 0.25) is 0 Å². The van der Waals surface area contributed by atoms with Gasteiger partial charge in [0.1, 0.15) is 0 Å². The van der Waals surface area contributed by atoms with Crippen molar-refractivity contribution in [1.82, 2.24) is 0 Å². The summed E-state index contributed by atoms with van der Waals surface area (Å²) < 4.78 is 0. The van der Waals surface area contributed by atoms with Gasteiger partial charge < -0.3 is 0 Å². The van der Waals surface area contributed by atoms with E-state index in [1.165, 1.54) is 0 Å². The molecule has 0 atom stereocenters. The van der Waals surface area contributed by atoms with Gasteiger partial charge in [-0.15, -0.1) is 10.2 Å². The first-order chi connectivity index (χ1) is 5.27. The average molecular weight is 145 g/mol. The smallest absolute Gasteiger partial charge is 0.265 e.